The summed E-state index contributed by atoms with van der Waals surface area (Å²) in [5, 5.41) is 0. The molecular weight excluding hydrogens is 403 g/mol. The van der Waals surface area contributed by atoms with E-state index < -0.39 is 0 Å². The maximum absolute atomic E-state index is 5.68. The Labute approximate surface area is 159 Å². The van der Waals surface area contributed by atoms with Crippen LogP contribution in [0.4, 0.5) is 0 Å². The van der Waals surface area contributed by atoms with Crippen molar-refractivity contribution in [2.45, 2.75) is 116 Å². The van der Waals surface area contributed by atoms with E-state index in [4.69, 9.17) is 11.6 Å². The molecule has 0 radical (unpaired) electrons. The minimum Gasteiger partial charge on any atom is -0.127 e. The van der Waals surface area contributed by atoms with Crippen molar-refractivity contribution in [2.24, 2.45) is 0 Å². The maximum Gasteiger partial charge on any atom is 0.0223 e. The zero-order chi connectivity index (χ0) is 16.1. The Hall–Kier alpha value is 1.02. The Morgan fingerprint density at radius 3 is 0.818 bits per heavy atom. The molecular formula is C20H40ClI. The predicted molar refractivity (Wildman–Crippen MR) is 113 cm³/mol. The summed E-state index contributed by atoms with van der Waals surface area (Å²) in [6, 6.07) is 0. The second kappa shape index (κ2) is 22.0. The number of unbranched alkanes of at least 4 members (excludes halogenated alkanes) is 17. The largest absolute Gasteiger partial charge is 0.127 e. The highest BCUT2D eigenvalue weighted by Crippen LogP contribution is 2.14. The summed E-state index contributed by atoms with van der Waals surface area (Å²) >= 11 is 8.16. The van der Waals surface area contributed by atoms with Gasteiger partial charge >= 0.3 is 0 Å². The Kier molecular flexibility index (Phi) is 23.0. The SMILES string of the molecule is ClCCCCCCCCCCCCCCCCCCCCI. The lowest BCUT2D eigenvalue weighted by Crippen LogP contribution is -1.84. The van der Waals surface area contributed by atoms with Crippen LogP contribution in [0.3, 0.4) is 0 Å². The summed E-state index contributed by atoms with van der Waals surface area (Å²) < 4.78 is 1.34. The van der Waals surface area contributed by atoms with Gasteiger partial charge in [0.2, 0.25) is 0 Å². The molecule has 0 saturated heterocycles. The van der Waals surface area contributed by atoms with Crippen molar-refractivity contribution in [3.05, 3.63) is 0 Å². The van der Waals surface area contributed by atoms with Gasteiger partial charge in [0.25, 0.3) is 0 Å². The number of hydrogen-bond donors (Lipinski definition) is 0. The van der Waals surface area contributed by atoms with Gasteiger partial charge in [0, 0.05) is 5.88 Å². The van der Waals surface area contributed by atoms with Crippen LogP contribution in [0, 0.1) is 0 Å². The fourth-order valence-electron chi connectivity index (χ4n) is 3.02. The fraction of sp³-hybridized carbons (Fsp3) is 1.00. The summed E-state index contributed by atoms with van der Waals surface area (Å²) in [6.45, 7) is 0. The highest BCUT2D eigenvalue weighted by molar-refractivity contribution is 14.1. The molecule has 134 valence electrons. The van der Waals surface area contributed by atoms with Crippen LogP contribution in [0.1, 0.15) is 116 Å². The van der Waals surface area contributed by atoms with Crippen LogP contribution in [-0.4, -0.2) is 10.3 Å². The minimum atomic E-state index is 0.846. The van der Waals surface area contributed by atoms with Crippen LogP contribution in [0.2, 0.25) is 0 Å². The lowest BCUT2D eigenvalue weighted by Gasteiger charge is -2.03. The van der Waals surface area contributed by atoms with Crippen molar-refractivity contribution in [1.29, 1.82) is 0 Å². The van der Waals surface area contributed by atoms with Gasteiger partial charge in [-0.05, 0) is 17.3 Å². The lowest BCUT2D eigenvalue weighted by atomic mass is 10.0. The van der Waals surface area contributed by atoms with Gasteiger partial charge in [0.05, 0.1) is 0 Å². The molecule has 0 amide bonds. The van der Waals surface area contributed by atoms with E-state index in [-0.39, 0.29) is 0 Å². The van der Waals surface area contributed by atoms with Crippen molar-refractivity contribution in [1.82, 2.24) is 0 Å². The van der Waals surface area contributed by atoms with Gasteiger partial charge in [-0.1, -0.05) is 125 Å². The molecule has 2 heteroatoms. The van der Waals surface area contributed by atoms with Crippen LogP contribution in [0.15, 0.2) is 0 Å². The van der Waals surface area contributed by atoms with Crippen molar-refractivity contribution in [2.75, 3.05) is 10.3 Å². The highest BCUT2D eigenvalue weighted by atomic mass is 127. The van der Waals surface area contributed by atoms with Gasteiger partial charge in [-0.25, -0.2) is 0 Å². The Balaban J connectivity index is 2.91. The second-order valence-electron chi connectivity index (χ2n) is 6.74. The van der Waals surface area contributed by atoms with E-state index >= 15 is 0 Å². The minimum absolute atomic E-state index is 0.846. The molecule has 0 fully saturated rings. The Bertz CT molecular complexity index is 165. The highest BCUT2D eigenvalue weighted by Gasteiger charge is 1.95. The Morgan fingerprint density at radius 1 is 0.364 bits per heavy atom. The molecule has 0 atom stereocenters. The van der Waals surface area contributed by atoms with E-state index in [0.717, 1.165) is 5.88 Å². The second-order valence-corrected chi connectivity index (χ2v) is 8.20. The topological polar surface area (TPSA) is 0 Å². The molecule has 0 rings (SSSR count). The molecule has 0 aliphatic carbocycles. The van der Waals surface area contributed by atoms with E-state index in [1.54, 1.807) is 0 Å². The summed E-state index contributed by atoms with van der Waals surface area (Å²) in [5.41, 5.74) is 0. The van der Waals surface area contributed by atoms with Crippen LogP contribution in [-0.2, 0) is 0 Å². The molecule has 0 aromatic rings. The van der Waals surface area contributed by atoms with Gasteiger partial charge in [-0.15, -0.1) is 11.6 Å². The Morgan fingerprint density at radius 2 is 0.591 bits per heavy atom. The van der Waals surface area contributed by atoms with E-state index in [0.29, 0.717) is 0 Å². The zero-order valence-corrected chi connectivity index (χ0v) is 17.8. The lowest BCUT2D eigenvalue weighted by molar-refractivity contribution is 0.527. The van der Waals surface area contributed by atoms with E-state index in [1.807, 2.05) is 0 Å². The number of alkyl halides is 2. The smallest absolute Gasteiger partial charge is 0.0223 e. The molecule has 0 N–H and O–H groups in total. The van der Waals surface area contributed by atoms with E-state index in [9.17, 15) is 0 Å². The molecule has 0 aromatic heterocycles. The van der Waals surface area contributed by atoms with Gasteiger partial charge < -0.3 is 0 Å². The standard InChI is InChI=1S/C20H40ClI/c21-19-17-15-13-11-9-7-5-3-1-2-4-6-8-10-12-14-16-18-20-22/h1-20H2. The molecule has 0 aliphatic heterocycles. The monoisotopic (exact) mass is 442 g/mol. The van der Waals surface area contributed by atoms with Crippen molar-refractivity contribution >= 4 is 34.2 Å². The maximum atomic E-state index is 5.68. The van der Waals surface area contributed by atoms with Gasteiger partial charge in [0.15, 0.2) is 0 Å². The van der Waals surface area contributed by atoms with Crippen molar-refractivity contribution in [3.8, 4) is 0 Å². The fourth-order valence-corrected chi connectivity index (χ4v) is 3.75. The van der Waals surface area contributed by atoms with E-state index in [1.165, 1.54) is 120 Å². The molecule has 0 bridgehead atoms. The van der Waals surface area contributed by atoms with Gasteiger partial charge in [-0.3, -0.25) is 0 Å². The number of rotatable bonds is 19. The summed E-state index contributed by atoms with van der Waals surface area (Å²) in [7, 11) is 0. The summed E-state index contributed by atoms with van der Waals surface area (Å²) in [6.07, 6.45) is 25.9. The first-order valence-electron chi connectivity index (χ1n) is 10.0. The van der Waals surface area contributed by atoms with Crippen LogP contribution in [0.25, 0.3) is 0 Å². The molecule has 0 nitrogen and oxygen atoms in total. The number of hydrogen-bond acceptors (Lipinski definition) is 0. The van der Waals surface area contributed by atoms with Crippen LogP contribution < -0.4 is 0 Å². The average Bonchev–Trinajstić information content (AvgIpc) is 2.54. The number of halogens is 2. The molecule has 22 heavy (non-hydrogen) atoms. The van der Waals surface area contributed by atoms with E-state index in [2.05, 4.69) is 22.6 Å². The quantitative estimate of drug-likeness (QED) is 0.107. The molecule has 0 saturated carbocycles. The zero-order valence-electron chi connectivity index (χ0n) is 14.9. The van der Waals surface area contributed by atoms with Crippen LogP contribution in [0.5, 0.6) is 0 Å². The summed E-state index contributed by atoms with van der Waals surface area (Å²) in [4.78, 5) is 0. The molecule has 0 aromatic carbocycles. The van der Waals surface area contributed by atoms with Gasteiger partial charge in [-0.2, -0.15) is 0 Å². The molecule has 0 unspecified atom stereocenters. The average molecular weight is 443 g/mol. The molecule has 0 spiro atoms. The van der Waals surface area contributed by atoms with Gasteiger partial charge in [0.1, 0.15) is 0 Å². The first-order valence-corrected chi connectivity index (χ1v) is 12.1. The van der Waals surface area contributed by atoms with Crippen molar-refractivity contribution in [3.63, 3.8) is 0 Å². The first kappa shape index (κ1) is 23.0. The van der Waals surface area contributed by atoms with Crippen molar-refractivity contribution < 1.29 is 0 Å². The van der Waals surface area contributed by atoms with Crippen LogP contribution >= 0.6 is 34.2 Å². The summed E-state index contributed by atoms with van der Waals surface area (Å²) in [5.74, 6) is 0.846. The third kappa shape index (κ3) is 21.0. The predicted octanol–water partition coefficient (Wildman–Crippen LogP) is 8.68. The molecule has 0 aliphatic rings. The third-order valence-electron chi connectivity index (χ3n) is 4.52. The first-order chi connectivity index (χ1) is 10.9. The third-order valence-corrected chi connectivity index (χ3v) is 5.55. The normalized spacial score (nSPS) is 11.2. The molecule has 0 heterocycles.